The highest BCUT2D eigenvalue weighted by atomic mass is 16.3. The van der Waals surface area contributed by atoms with Crippen LogP contribution in [0.1, 0.15) is 0 Å². The van der Waals surface area contributed by atoms with E-state index in [0.717, 1.165) is 72.2 Å². The molecule has 0 saturated carbocycles. The van der Waals surface area contributed by atoms with Crippen molar-refractivity contribution in [2.45, 2.75) is 0 Å². The number of rotatable bonds is 8. The summed E-state index contributed by atoms with van der Waals surface area (Å²) in [6.45, 7) is 0. The maximum atomic E-state index is 6.87. The van der Waals surface area contributed by atoms with Crippen molar-refractivity contribution in [2.24, 2.45) is 0 Å². The van der Waals surface area contributed by atoms with Crippen LogP contribution in [0.25, 0.3) is 87.3 Å². The van der Waals surface area contributed by atoms with Gasteiger partial charge < -0.3 is 14.2 Å². The summed E-state index contributed by atoms with van der Waals surface area (Å²) < 4.78 is 6.87. The fourth-order valence-electron chi connectivity index (χ4n) is 10.4. The van der Waals surface area contributed by atoms with Crippen LogP contribution < -0.4 is 9.80 Å². The van der Waals surface area contributed by atoms with Crippen molar-refractivity contribution in [2.75, 3.05) is 9.80 Å². The van der Waals surface area contributed by atoms with Gasteiger partial charge in [-0.05, 0) is 104 Å². The zero-order valence-electron chi connectivity index (χ0n) is 36.6. The second-order valence-corrected chi connectivity index (χ2v) is 17.2. The highest BCUT2D eigenvalue weighted by molar-refractivity contribution is 6.28. The molecule has 3 nitrogen and oxygen atoms in total. The predicted molar refractivity (Wildman–Crippen MR) is 284 cm³/mol. The molecule has 13 aromatic rings. The molecule has 13 rings (SSSR count). The minimum absolute atomic E-state index is 0.860. The summed E-state index contributed by atoms with van der Waals surface area (Å²) in [6.07, 6.45) is 0. The van der Waals surface area contributed by atoms with E-state index in [-0.39, 0.29) is 0 Å². The number of benzene rings is 12. The number of para-hydroxylation sites is 2. The zero-order valence-corrected chi connectivity index (χ0v) is 36.6. The topological polar surface area (TPSA) is 19.6 Å². The van der Waals surface area contributed by atoms with Crippen LogP contribution in [0.2, 0.25) is 0 Å². The van der Waals surface area contributed by atoms with Gasteiger partial charge in [-0.1, -0.05) is 194 Å². The van der Waals surface area contributed by atoms with Crippen molar-refractivity contribution in [3.05, 3.63) is 255 Å². The Hall–Kier alpha value is -8.92. The van der Waals surface area contributed by atoms with Crippen LogP contribution in [-0.4, -0.2) is 0 Å². The molecule has 0 aliphatic rings. The first-order valence-corrected chi connectivity index (χ1v) is 22.9. The van der Waals surface area contributed by atoms with E-state index in [1.54, 1.807) is 0 Å². The van der Waals surface area contributed by atoms with Crippen molar-refractivity contribution in [3.8, 4) is 22.3 Å². The number of hydrogen-bond acceptors (Lipinski definition) is 3. The van der Waals surface area contributed by atoms with Gasteiger partial charge in [-0.2, -0.15) is 0 Å². The van der Waals surface area contributed by atoms with Crippen LogP contribution in [0.4, 0.5) is 34.1 Å². The number of fused-ring (bicyclic) bond motifs is 9. The molecule has 0 aliphatic carbocycles. The normalized spacial score (nSPS) is 11.6. The lowest BCUT2D eigenvalue weighted by molar-refractivity contribution is 0.669. The third kappa shape index (κ3) is 6.43. The van der Waals surface area contributed by atoms with E-state index in [1.165, 1.54) is 49.2 Å². The largest absolute Gasteiger partial charge is 0.456 e. The standard InChI is InChI=1S/C64H42N2O/c1-4-18-43(19-5-1)44-32-35-48(36-33-44)66(60-42-62-64(57-31-17-16-30-56(57)60)63-49-25-11-10-20-45(49)34-41-61(63)67-62)59-40-38-53(51-27-13-15-29-55(51)59)52-37-39-58(54-28-14-12-26-50(52)54)65(46-21-6-2-7-22-46)47-23-8-3-9-24-47/h1-42H. The molecular formula is C64H42N2O. The van der Waals surface area contributed by atoms with Gasteiger partial charge in [0.1, 0.15) is 11.2 Å². The van der Waals surface area contributed by atoms with Gasteiger partial charge >= 0.3 is 0 Å². The fraction of sp³-hybridized carbons (Fsp3) is 0. The van der Waals surface area contributed by atoms with E-state index < -0.39 is 0 Å². The number of nitrogens with zero attached hydrogens (tertiary/aromatic N) is 2. The molecule has 67 heavy (non-hydrogen) atoms. The first kappa shape index (κ1) is 38.5. The molecule has 1 heterocycles. The average Bonchev–Trinajstić information content (AvgIpc) is 3.80. The Morgan fingerprint density at radius 1 is 0.254 bits per heavy atom. The second kappa shape index (κ2) is 16.0. The molecule has 0 saturated heterocycles. The van der Waals surface area contributed by atoms with E-state index in [2.05, 4.69) is 265 Å². The van der Waals surface area contributed by atoms with Crippen LogP contribution in [0, 0.1) is 0 Å². The molecule has 0 N–H and O–H groups in total. The Labute approximate surface area is 388 Å². The van der Waals surface area contributed by atoms with Gasteiger partial charge in [0.15, 0.2) is 0 Å². The smallest absolute Gasteiger partial charge is 0.138 e. The minimum atomic E-state index is 0.860. The number of hydrogen-bond donors (Lipinski definition) is 0. The van der Waals surface area contributed by atoms with Crippen molar-refractivity contribution >= 4 is 99.2 Å². The molecule has 0 amide bonds. The van der Waals surface area contributed by atoms with Gasteiger partial charge in [0.2, 0.25) is 0 Å². The van der Waals surface area contributed by atoms with E-state index >= 15 is 0 Å². The molecule has 0 atom stereocenters. The van der Waals surface area contributed by atoms with Crippen LogP contribution >= 0.6 is 0 Å². The molecule has 0 fully saturated rings. The van der Waals surface area contributed by atoms with E-state index in [9.17, 15) is 0 Å². The minimum Gasteiger partial charge on any atom is -0.456 e. The van der Waals surface area contributed by atoms with Crippen molar-refractivity contribution in [1.29, 1.82) is 0 Å². The molecule has 0 bridgehead atoms. The highest BCUT2D eigenvalue weighted by Crippen LogP contribution is 2.50. The average molecular weight is 855 g/mol. The van der Waals surface area contributed by atoms with Gasteiger partial charge in [0, 0.05) is 50.1 Å². The fourth-order valence-corrected chi connectivity index (χ4v) is 10.4. The summed E-state index contributed by atoms with van der Waals surface area (Å²) in [6, 6.07) is 91.8. The van der Waals surface area contributed by atoms with Crippen molar-refractivity contribution < 1.29 is 4.42 Å². The lowest BCUT2D eigenvalue weighted by Gasteiger charge is -2.29. The van der Waals surface area contributed by atoms with Gasteiger partial charge in [0.25, 0.3) is 0 Å². The Morgan fingerprint density at radius 3 is 1.28 bits per heavy atom. The maximum absolute atomic E-state index is 6.87. The number of furan rings is 1. The molecule has 0 spiro atoms. The van der Waals surface area contributed by atoms with Crippen molar-refractivity contribution in [1.82, 2.24) is 0 Å². The summed E-state index contributed by atoms with van der Waals surface area (Å²) in [4.78, 5) is 4.80. The summed E-state index contributed by atoms with van der Waals surface area (Å²) in [5.41, 5.74) is 13.0. The Morgan fingerprint density at radius 2 is 0.687 bits per heavy atom. The Balaban J connectivity index is 1.04. The molecule has 3 heteroatoms. The Kier molecular flexibility index (Phi) is 9.17. The van der Waals surface area contributed by atoms with Crippen LogP contribution in [0.3, 0.4) is 0 Å². The van der Waals surface area contributed by atoms with Crippen LogP contribution in [0.5, 0.6) is 0 Å². The van der Waals surface area contributed by atoms with Crippen molar-refractivity contribution in [3.63, 3.8) is 0 Å². The Bertz CT molecular complexity index is 3930. The molecule has 12 aromatic carbocycles. The van der Waals surface area contributed by atoms with E-state index in [4.69, 9.17) is 4.42 Å². The quantitative estimate of drug-likeness (QED) is 0.152. The SMILES string of the molecule is c1ccc(-c2ccc(N(c3ccc(-c4ccc(N(c5ccccc5)c5ccccc5)c5ccccc45)c4ccccc34)c3cc4oc5ccc6ccccc6c5c4c4ccccc34)cc2)cc1. The van der Waals surface area contributed by atoms with E-state index in [1.807, 2.05) is 0 Å². The summed E-state index contributed by atoms with van der Waals surface area (Å²) >= 11 is 0. The molecular weight excluding hydrogens is 813 g/mol. The lowest BCUT2D eigenvalue weighted by atomic mass is 9.91. The summed E-state index contributed by atoms with van der Waals surface area (Å²) in [5.74, 6) is 0. The molecule has 0 unspecified atom stereocenters. The second-order valence-electron chi connectivity index (χ2n) is 17.2. The molecule has 1 aromatic heterocycles. The first-order chi connectivity index (χ1) is 33.3. The molecule has 0 aliphatic heterocycles. The summed E-state index contributed by atoms with van der Waals surface area (Å²) in [7, 11) is 0. The van der Waals surface area contributed by atoms with Gasteiger partial charge in [-0.25, -0.2) is 0 Å². The van der Waals surface area contributed by atoms with Gasteiger partial charge in [0.05, 0.1) is 17.1 Å². The first-order valence-electron chi connectivity index (χ1n) is 22.9. The van der Waals surface area contributed by atoms with E-state index in [0.29, 0.717) is 0 Å². The number of anilines is 6. The third-order valence-corrected chi connectivity index (χ3v) is 13.4. The maximum Gasteiger partial charge on any atom is 0.138 e. The third-order valence-electron chi connectivity index (χ3n) is 13.4. The summed E-state index contributed by atoms with van der Waals surface area (Å²) in [5, 5.41) is 11.7. The lowest BCUT2D eigenvalue weighted by Crippen LogP contribution is -2.11. The van der Waals surface area contributed by atoms with Gasteiger partial charge in [-0.15, -0.1) is 0 Å². The zero-order chi connectivity index (χ0) is 44.3. The molecule has 314 valence electrons. The highest BCUT2D eigenvalue weighted by Gasteiger charge is 2.24. The van der Waals surface area contributed by atoms with Crippen LogP contribution in [0.15, 0.2) is 259 Å². The monoisotopic (exact) mass is 854 g/mol. The van der Waals surface area contributed by atoms with Gasteiger partial charge in [-0.3, -0.25) is 0 Å². The van der Waals surface area contributed by atoms with Crippen LogP contribution in [-0.2, 0) is 0 Å². The predicted octanol–water partition coefficient (Wildman–Crippen LogP) is 18.5. The molecule has 0 radical (unpaired) electrons.